The second-order valence-corrected chi connectivity index (χ2v) is 3.92. The summed E-state index contributed by atoms with van der Waals surface area (Å²) in [6, 6.07) is 7.28. The van der Waals surface area contributed by atoms with Gasteiger partial charge in [-0.1, -0.05) is 36.4 Å². The van der Waals surface area contributed by atoms with Crippen LogP contribution in [0.1, 0.15) is 29.3 Å². The molecule has 0 spiro atoms. The van der Waals surface area contributed by atoms with Crippen molar-refractivity contribution in [3.8, 4) is 0 Å². The molecular weight excluding hydrogens is 228 g/mol. The minimum absolute atomic E-state index is 0.0203. The first kappa shape index (κ1) is 14.1. The molecule has 4 heteroatoms. The van der Waals surface area contributed by atoms with Crippen LogP contribution >= 0.6 is 0 Å². The number of carbonyl (C=O) groups excluding carboxylic acids is 2. The zero-order chi connectivity index (χ0) is 13.4. The van der Waals surface area contributed by atoms with Crippen LogP contribution in [0, 0.1) is 0 Å². The van der Waals surface area contributed by atoms with Gasteiger partial charge in [0.05, 0.1) is 6.54 Å². The Bertz CT molecular complexity index is 436. The van der Waals surface area contributed by atoms with Gasteiger partial charge in [-0.15, -0.1) is 0 Å². The highest BCUT2D eigenvalue weighted by molar-refractivity contribution is 5.97. The van der Waals surface area contributed by atoms with Crippen LogP contribution in [0.4, 0.5) is 0 Å². The standard InChI is InChI=1S/C14H18N2O2/c1-11(17)16-9-3-2-4-12-5-7-13(8-6-12)14(18)10-15/h2,4-8H,3,9-10,15H2,1H3,(H,16,17). The molecular formula is C14H18N2O2. The number of hydrogen-bond donors (Lipinski definition) is 2. The van der Waals surface area contributed by atoms with Crippen LogP contribution in [0.25, 0.3) is 6.08 Å². The van der Waals surface area contributed by atoms with Crippen LogP contribution in [-0.2, 0) is 4.79 Å². The molecule has 0 aliphatic rings. The van der Waals surface area contributed by atoms with Gasteiger partial charge in [0.2, 0.25) is 5.91 Å². The van der Waals surface area contributed by atoms with Gasteiger partial charge in [-0.2, -0.15) is 0 Å². The van der Waals surface area contributed by atoms with Gasteiger partial charge in [0.15, 0.2) is 5.78 Å². The highest BCUT2D eigenvalue weighted by Gasteiger charge is 2.01. The summed E-state index contributed by atoms with van der Waals surface area (Å²) in [6.45, 7) is 2.17. The van der Waals surface area contributed by atoms with Crippen molar-refractivity contribution in [3.63, 3.8) is 0 Å². The van der Waals surface area contributed by atoms with E-state index in [4.69, 9.17) is 5.73 Å². The smallest absolute Gasteiger partial charge is 0.216 e. The lowest BCUT2D eigenvalue weighted by atomic mass is 10.1. The van der Waals surface area contributed by atoms with E-state index in [-0.39, 0.29) is 18.2 Å². The van der Waals surface area contributed by atoms with E-state index >= 15 is 0 Å². The first-order chi connectivity index (χ1) is 8.63. The molecule has 0 fully saturated rings. The molecule has 1 rings (SSSR count). The topological polar surface area (TPSA) is 72.2 Å². The molecule has 0 saturated heterocycles. The van der Waals surface area contributed by atoms with E-state index in [1.807, 2.05) is 24.3 Å². The summed E-state index contributed by atoms with van der Waals surface area (Å²) in [5, 5.41) is 2.71. The Hall–Kier alpha value is -1.94. The molecule has 0 saturated carbocycles. The minimum Gasteiger partial charge on any atom is -0.356 e. The Balaban J connectivity index is 2.45. The third kappa shape index (κ3) is 4.93. The van der Waals surface area contributed by atoms with E-state index < -0.39 is 0 Å². The molecule has 0 atom stereocenters. The van der Waals surface area contributed by atoms with Gasteiger partial charge in [-0.25, -0.2) is 0 Å². The maximum absolute atomic E-state index is 11.3. The van der Waals surface area contributed by atoms with Gasteiger partial charge >= 0.3 is 0 Å². The lowest BCUT2D eigenvalue weighted by Gasteiger charge is -1.99. The van der Waals surface area contributed by atoms with E-state index in [1.165, 1.54) is 6.92 Å². The zero-order valence-corrected chi connectivity index (χ0v) is 10.5. The lowest BCUT2D eigenvalue weighted by Crippen LogP contribution is -2.20. The van der Waals surface area contributed by atoms with Crippen LogP contribution in [0.3, 0.4) is 0 Å². The van der Waals surface area contributed by atoms with Gasteiger partial charge in [0.1, 0.15) is 0 Å². The normalized spacial score (nSPS) is 10.6. The van der Waals surface area contributed by atoms with Gasteiger partial charge < -0.3 is 11.1 Å². The number of nitrogens with one attached hydrogen (secondary N) is 1. The summed E-state index contributed by atoms with van der Waals surface area (Å²) < 4.78 is 0. The van der Waals surface area contributed by atoms with E-state index in [1.54, 1.807) is 12.1 Å². The summed E-state index contributed by atoms with van der Waals surface area (Å²) in [6.07, 6.45) is 4.72. The van der Waals surface area contributed by atoms with E-state index in [0.717, 1.165) is 12.0 Å². The Morgan fingerprint density at radius 1 is 1.28 bits per heavy atom. The number of benzene rings is 1. The molecule has 18 heavy (non-hydrogen) atoms. The lowest BCUT2D eigenvalue weighted by molar-refractivity contribution is -0.118. The second-order valence-electron chi connectivity index (χ2n) is 3.92. The van der Waals surface area contributed by atoms with Gasteiger partial charge in [0, 0.05) is 19.0 Å². The maximum Gasteiger partial charge on any atom is 0.216 e. The average molecular weight is 246 g/mol. The first-order valence-electron chi connectivity index (χ1n) is 5.88. The third-order valence-electron chi connectivity index (χ3n) is 2.41. The Morgan fingerprint density at radius 3 is 2.50 bits per heavy atom. The van der Waals surface area contributed by atoms with Crippen LogP contribution < -0.4 is 11.1 Å². The van der Waals surface area contributed by atoms with Crippen LogP contribution in [0.2, 0.25) is 0 Å². The van der Waals surface area contributed by atoms with Gasteiger partial charge in [0.25, 0.3) is 0 Å². The Kier molecular flexibility index (Phi) is 5.80. The molecule has 1 aromatic carbocycles. The van der Waals surface area contributed by atoms with Gasteiger partial charge in [-0.3, -0.25) is 9.59 Å². The van der Waals surface area contributed by atoms with E-state index in [9.17, 15) is 9.59 Å². The summed E-state index contributed by atoms with van der Waals surface area (Å²) >= 11 is 0. The average Bonchev–Trinajstić information content (AvgIpc) is 2.38. The molecule has 0 aliphatic carbocycles. The maximum atomic E-state index is 11.3. The number of ketones is 1. The zero-order valence-electron chi connectivity index (χ0n) is 10.5. The molecule has 0 aromatic heterocycles. The molecule has 0 unspecified atom stereocenters. The number of rotatable bonds is 6. The summed E-state index contributed by atoms with van der Waals surface area (Å²) in [4.78, 5) is 21.9. The van der Waals surface area contributed by atoms with Crippen molar-refractivity contribution in [3.05, 3.63) is 41.5 Å². The third-order valence-corrected chi connectivity index (χ3v) is 2.41. The fourth-order valence-electron chi connectivity index (χ4n) is 1.45. The highest BCUT2D eigenvalue weighted by Crippen LogP contribution is 2.07. The van der Waals surface area contributed by atoms with Crippen molar-refractivity contribution in [1.29, 1.82) is 0 Å². The molecule has 0 bridgehead atoms. The van der Waals surface area contributed by atoms with Crippen molar-refractivity contribution in [2.75, 3.05) is 13.1 Å². The number of carbonyl (C=O) groups is 2. The van der Waals surface area contributed by atoms with Gasteiger partial charge in [-0.05, 0) is 12.0 Å². The van der Waals surface area contributed by atoms with Crippen LogP contribution in [0.15, 0.2) is 30.3 Å². The largest absolute Gasteiger partial charge is 0.356 e. The summed E-state index contributed by atoms with van der Waals surface area (Å²) in [7, 11) is 0. The monoisotopic (exact) mass is 246 g/mol. The van der Waals surface area contributed by atoms with Crippen molar-refractivity contribution in [2.24, 2.45) is 5.73 Å². The Labute approximate surface area is 107 Å². The quantitative estimate of drug-likeness (QED) is 0.588. The van der Waals surface area contributed by atoms with Crippen molar-refractivity contribution < 1.29 is 9.59 Å². The second kappa shape index (κ2) is 7.40. The molecule has 1 aromatic rings. The molecule has 0 heterocycles. The predicted octanol–water partition coefficient (Wildman–Crippen LogP) is 1.37. The van der Waals surface area contributed by atoms with Crippen molar-refractivity contribution in [2.45, 2.75) is 13.3 Å². The fourth-order valence-corrected chi connectivity index (χ4v) is 1.45. The van der Waals surface area contributed by atoms with E-state index in [2.05, 4.69) is 5.32 Å². The molecule has 0 aliphatic heterocycles. The SMILES string of the molecule is CC(=O)NCCC=Cc1ccc(C(=O)CN)cc1. The van der Waals surface area contributed by atoms with Crippen LogP contribution in [-0.4, -0.2) is 24.8 Å². The van der Waals surface area contributed by atoms with E-state index in [0.29, 0.717) is 12.1 Å². The first-order valence-corrected chi connectivity index (χ1v) is 5.88. The molecule has 1 amide bonds. The summed E-state index contributed by atoms with van der Waals surface area (Å²) in [5.74, 6) is -0.0794. The van der Waals surface area contributed by atoms with Crippen LogP contribution in [0.5, 0.6) is 0 Å². The molecule has 96 valence electrons. The van der Waals surface area contributed by atoms with Crippen molar-refractivity contribution in [1.82, 2.24) is 5.32 Å². The predicted molar refractivity (Wildman–Crippen MR) is 72.2 cm³/mol. The minimum atomic E-state index is -0.0591. The van der Waals surface area contributed by atoms with Crippen molar-refractivity contribution >= 4 is 17.8 Å². The summed E-state index contributed by atoms with van der Waals surface area (Å²) in [5.41, 5.74) is 6.93. The number of Topliss-reactive ketones (excluding diaryl/α,β-unsaturated/α-hetero) is 1. The number of amides is 1. The fraction of sp³-hybridized carbons (Fsp3) is 0.286. The highest BCUT2D eigenvalue weighted by atomic mass is 16.1. The Morgan fingerprint density at radius 2 is 1.94 bits per heavy atom. The molecule has 0 radical (unpaired) electrons. The number of hydrogen-bond acceptors (Lipinski definition) is 3. The molecule has 4 nitrogen and oxygen atoms in total. The number of nitrogens with two attached hydrogens (primary N) is 1. The molecule has 3 N–H and O–H groups in total.